The molecule has 1 fully saturated rings. The van der Waals surface area contributed by atoms with Gasteiger partial charge in [-0.15, -0.1) is 0 Å². The van der Waals surface area contributed by atoms with Crippen molar-refractivity contribution in [3.8, 4) is 0 Å². The molecule has 0 aromatic heterocycles. The van der Waals surface area contributed by atoms with Gasteiger partial charge >= 0.3 is 12.1 Å². The van der Waals surface area contributed by atoms with E-state index < -0.39 is 46.0 Å². The molecule has 0 spiro atoms. The van der Waals surface area contributed by atoms with E-state index in [9.17, 15) is 32.9 Å². The van der Waals surface area contributed by atoms with Crippen molar-refractivity contribution in [2.45, 2.75) is 38.5 Å². The summed E-state index contributed by atoms with van der Waals surface area (Å²) in [5, 5.41) is 12.6. The predicted octanol–water partition coefficient (Wildman–Crippen LogP) is 3.28. The Hall–Kier alpha value is -2.65. The predicted molar refractivity (Wildman–Crippen MR) is 79.6 cm³/mol. The highest BCUT2D eigenvalue weighted by Gasteiger charge is 2.36. The van der Waals surface area contributed by atoms with Gasteiger partial charge in [0.05, 0.1) is 22.1 Å². The average molecular weight is 360 g/mol. The number of amides is 1. The smallest absolute Gasteiger partial charge is 0.418 e. The molecule has 136 valence electrons. The normalized spacial score (nSPS) is 15.8. The summed E-state index contributed by atoms with van der Waals surface area (Å²) in [4.78, 5) is 33.3. The molecule has 25 heavy (non-hydrogen) atoms. The fourth-order valence-corrected chi connectivity index (χ4v) is 2.19. The highest BCUT2D eigenvalue weighted by atomic mass is 19.4. The molecule has 1 amide bonds. The van der Waals surface area contributed by atoms with Crippen LogP contribution in [0.5, 0.6) is 0 Å². The number of nitro benzene ring substituents is 1. The van der Waals surface area contributed by atoms with Crippen LogP contribution < -0.4 is 5.32 Å². The van der Waals surface area contributed by atoms with E-state index in [0.717, 1.165) is 18.6 Å². The molecule has 10 heteroatoms. The second-order valence-corrected chi connectivity index (χ2v) is 5.68. The topological polar surface area (TPSA) is 98.5 Å². The minimum Gasteiger partial charge on any atom is -0.452 e. The van der Waals surface area contributed by atoms with Crippen LogP contribution in [-0.2, 0) is 20.5 Å². The third-order valence-electron chi connectivity index (χ3n) is 3.88. The lowest BCUT2D eigenvalue weighted by atomic mass is 9.86. The Morgan fingerprint density at radius 3 is 2.48 bits per heavy atom. The molecule has 0 heterocycles. The van der Waals surface area contributed by atoms with E-state index in [1.165, 1.54) is 6.92 Å². The molecule has 2 rings (SSSR count). The van der Waals surface area contributed by atoms with E-state index in [1.807, 2.05) is 5.32 Å². The van der Waals surface area contributed by atoms with Gasteiger partial charge in [-0.2, -0.15) is 13.2 Å². The molecule has 7 nitrogen and oxygen atoms in total. The zero-order chi connectivity index (χ0) is 18.8. The number of nitro groups is 1. The maximum absolute atomic E-state index is 13.1. The molecule has 1 aromatic rings. The van der Waals surface area contributed by atoms with Gasteiger partial charge in [0.1, 0.15) is 0 Å². The number of nitrogens with zero attached hydrogens (tertiary/aromatic N) is 1. The first kappa shape index (κ1) is 18.7. The summed E-state index contributed by atoms with van der Waals surface area (Å²) in [6, 6.07) is 1.97. The summed E-state index contributed by atoms with van der Waals surface area (Å²) >= 11 is 0. The molecule has 1 N–H and O–H groups in total. The van der Waals surface area contributed by atoms with Crippen molar-refractivity contribution in [3.05, 3.63) is 33.9 Å². The Kier molecular flexibility index (Phi) is 5.29. The SMILES string of the molecule is C[C@H](OC(=O)C1CCC1)C(=O)Nc1ccc([N+](=O)[O-])cc1C(F)(F)F. The van der Waals surface area contributed by atoms with Crippen molar-refractivity contribution in [3.63, 3.8) is 0 Å². The van der Waals surface area contributed by atoms with Crippen LogP contribution in [0.15, 0.2) is 18.2 Å². The van der Waals surface area contributed by atoms with Gasteiger partial charge in [-0.05, 0) is 25.8 Å². The van der Waals surface area contributed by atoms with Gasteiger partial charge in [0.15, 0.2) is 6.10 Å². The Morgan fingerprint density at radius 2 is 2.00 bits per heavy atom. The number of esters is 1. The van der Waals surface area contributed by atoms with Crippen LogP contribution in [0.3, 0.4) is 0 Å². The third kappa shape index (κ3) is 4.46. The van der Waals surface area contributed by atoms with Crippen LogP contribution in [0, 0.1) is 16.0 Å². The molecular weight excluding hydrogens is 345 g/mol. The Labute approximate surface area is 140 Å². The van der Waals surface area contributed by atoms with Crippen LogP contribution in [0.4, 0.5) is 24.5 Å². The lowest BCUT2D eigenvalue weighted by molar-refractivity contribution is -0.385. The highest BCUT2D eigenvalue weighted by Crippen LogP contribution is 2.37. The van der Waals surface area contributed by atoms with Gasteiger partial charge in [0, 0.05) is 12.1 Å². The summed E-state index contributed by atoms with van der Waals surface area (Å²) in [5.74, 6) is -1.79. The van der Waals surface area contributed by atoms with Gasteiger partial charge in [-0.1, -0.05) is 6.42 Å². The largest absolute Gasteiger partial charge is 0.452 e. The summed E-state index contributed by atoms with van der Waals surface area (Å²) in [6.45, 7) is 1.24. The minimum absolute atomic E-state index is 0.277. The molecule has 0 unspecified atom stereocenters. The number of alkyl halides is 3. The number of anilines is 1. The van der Waals surface area contributed by atoms with Crippen molar-refractivity contribution in [1.82, 2.24) is 0 Å². The van der Waals surface area contributed by atoms with Crippen molar-refractivity contribution in [2.75, 3.05) is 5.32 Å². The monoisotopic (exact) mass is 360 g/mol. The number of benzene rings is 1. The number of carbonyl (C=O) groups is 2. The minimum atomic E-state index is -4.90. The number of non-ortho nitro benzene ring substituents is 1. The van der Waals surface area contributed by atoms with Gasteiger partial charge in [0.25, 0.3) is 11.6 Å². The van der Waals surface area contributed by atoms with Crippen LogP contribution >= 0.6 is 0 Å². The van der Waals surface area contributed by atoms with Crippen molar-refractivity contribution in [1.29, 1.82) is 0 Å². The molecule has 1 aromatic carbocycles. The molecule has 0 saturated heterocycles. The van der Waals surface area contributed by atoms with Gasteiger partial charge < -0.3 is 10.1 Å². The zero-order valence-electron chi connectivity index (χ0n) is 13.1. The van der Waals surface area contributed by atoms with Crippen LogP contribution in [0.25, 0.3) is 0 Å². The number of ether oxygens (including phenoxy) is 1. The fourth-order valence-electron chi connectivity index (χ4n) is 2.19. The first-order valence-corrected chi connectivity index (χ1v) is 7.46. The number of hydrogen-bond donors (Lipinski definition) is 1. The number of nitrogens with one attached hydrogen (secondary N) is 1. The zero-order valence-corrected chi connectivity index (χ0v) is 13.1. The molecule has 0 aliphatic heterocycles. The molecule has 0 bridgehead atoms. The number of halogens is 3. The molecule has 1 aliphatic rings. The quantitative estimate of drug-likeness (QED) is 0.494. The maximum atomic E-state index is 13.1. The van der Waals surface area contributed by atoms with Crippen molar-refractivity contribution >= 4 is 23.3 Å². The second-order valence-electron chi connectivity index (χ2n) is 5.68. The average Bonchev–Trinajstić information content (AvgIpc) is 2.44. The van der Waals surface area contributed by atoms with Gasteiger partial charge in [-0.25, -0.2) is 0 Å². The first-order chi connectivity index (χ1) is 11.6. The standard InChI is InChI=1S/C15H15F3N2O5/c1-8(25-14(22)9-3-2-4-9)13(21)19-12-6-5-10(20(23)24)7-11(12)15(16,17)18/h5-9H,2-4H2,1H3,(H,19,21)/t8-/m0/s1. The second kappa shape index (κ2) is 7.08. The summed E-state index contributed by atoms with van der Waals surface area (Å²) < 4.78 is 44.1. The molecule has 1 aliphatic carbocycles. The van der Waals surface area contributed by atoms with E-state index in [1.54, 1.807) is 0 Å². The fraction of sp³-hybridized carbons (Fsp3) is 0.467. The van der Waals surface area contributed by atoms with E-state index in [2.05, 4.69) is 0 Å². The van der Waals surface area contributed by atoms with Gasteiger partial charge in [0.2, 0.25) is 0 Å². The number of rotatable bonds is 5. The highest BCUT2D eigenvalue weighted by molar-refractivity contribution is 5.96. The summed E-state index contributed by atoms with van der Waals surface area (Å²) in [5.41, 5.74) is -2.75. The third-order valence-corrected chi connectivity index (χ3v) is 3.88. The van der Waals surface area contributed by atoms with Crippen LogP contribution in [0.1, 0.15) is 31.7 Å². The van der Waals surface area contributed by atoms with E-state index >= 15 is 0 Å². The van der Waals surface area contributed by atoms with Gasteiger partial charge in [-0.3, -0.25) is 19.7 Å². The van der Waals surface area contributed by atoms with Crippen molar-refractivity contribution < 1.29 is 32.4 Å². The summed E-state index contributed by atoms with van der Waals surface area (Å²) in [7, 11) is 0. The van der Waals surface area contributed by atoms with E-state index in [-0.39, 0.29) is 5.92 Å². The number of hydrogen-bond acceptors (Lipinski definition) is 5. The molecule has 0 radical (unpaired) electrons. The Morgan fingerprint density at radius 1 is 1.36 bits per heavy atom. The summed E-state index contributed by atoms with van der Waals surface area (Å²) in [6.07, 6.45) is -3.98. The van der Waals surface area contributed by atoms with E-state index in [4.69, 9.17) is 4.74 Å². The Bertz CT molecular complexity index is 701. The Balaban J connectivity index is 2.13. The first-order valence-electron chi connectivity index (χ1n) is 7.46. The molecule has 1 atom stereocenters. The van der Waals surface area contributed by atoms with E-state index in [0.29, 0.717) is 18.9 Å². The lowest BCUT2D eigenvalue weighted by Gasteiger charge is -2.25. The van der Waals surface area contributed by atoms with Crippen LogP contribution in [-0.4, -0.2) is 22.9 Å². The lowest BCUT2D eigenvalue weighted by Crippen LogP contribution is -2.34. The molecular formula is C15H15F3N2O5. The van der Waals surface area contributed by atoms with Crippen LogP contribution in [0.2, 0.25) is 0 Å². The number of carbonyl (C=O) groups excluding carboxylic acids is 2. The maximum Gasteiger partial charge on any atom is 0.418 e. The van der Waals surface area contributed by atoms with Crippen molar-refractivity contribution in [2.24, 2.45) is 5.92 Å². The molecule has 1 saturated carbocycles.